The summed E-state index contributed by atoms with van der Waals surface area (Å²) in [6.07, 6.45) is 2.94. The molecule has 0 aromatic carbocycles. The topological polar surface area (TPSA) is 85.5 Å². The van der Waals surface area contributed by atoms with Crippen LogP contribution < -0.4 is 0 Å². The maximum absolute atomic E-state index is 12.0. The largest absolute Gasteiger partial charge is 0.456 e. The van der Waals surface area contributed by atoms with Crippen LogP contribution in [0.15, 0.2) is 12.2 Å². The van der Waals surface area contributed by atoms with Crippen molar-refractivity contribution in [3.8, 4) is 0 Å². The zero-order valence-corrected chi connectivity index (χ0v) is 15.4. The Morgan fingerprint density at radius 3 is 2.26 bits per heavy atom. The fraction of sp³-hybridized carbons (Fsp3) is 0.800. The summed E-state index contributed by atoms with van der Waals surface area (Å²) in [6.45, 7) is 7.38. The molecule has 2 N–H and O–H groups in total. The fourth-order valence-electron chi connectivity index (χ4n) is 3.34. The van der Waals surface area contributed by atoms with E-state index in [0.29, 0.717) is 5.57 Å². The van der Waals surface area contributed by atoms with Gasteiger partial charge in [-0.2, -0.15) is 0 Å². The molecule has 0 amide bonds. The molecule has 1 aliphatic heterocycles. The number of rotatable bonds is 7. The van der Waals surface area contributed by atoms with E-state index in [1.54, 1.807) is 28.3 Å². The molecule has 1 aliphatic rings. The number of ether oxygens (including phenoxy) is 2. The van der Waals surface area contributed by atoms with Crippen molar-refractivity contribution in [1.29, 1.82) is 0 Å². The average Bonchev–Trinajstić information content (AvgIpc) is 2.48. The molecule has 0 saturated carbocycles. The van der Waals surface area contributed by atoms with Crippen LogP contribution >= 0.6 is 0 Å². The zero-order valence-electron chi connectivity index (χ0n) is 14.4. The maximum Gasteiger partial charge on any atom is 0.374 e. The van der Waals surface area contributed by atoms with Crippen LogP contribution in [-0.4, -0.2) is 70.0 Å². The van der Waals surface area contributed by atoms with Crippen LogP contribution in [0.25, 0.3) is 0 Å². The van der Waals surface area contributed by atoms with E-state index >= 15 is 0 Å². The molecule has 0 bridgehead atoms. The van der Waals surface area contributed by atoms with Crippen molar-refractivity contribution in [2.24, 2.45) is 0 Å². The summed E-state index contributed by atoms with van der Waals surface area (Å²) in [6, 6.07) is 0.842. The lowest BCUT2D eigenvalue weighted by Gasteiger charge is -2.51. The highest BCUT2D eigenvalue weighted by molar-refractivity contribution is 6.71. The molecule has 0 aliphatic carbocycles. The Morgan fingerprint density at radius 1 is 1.30 bits per heavy atom. The Labute approximate surface area is 151 Å². The summed E-state index contributed by atoms with van der Waals surface area (Å²) >= 11 is 0. The van der Waals surface area contributed by atoms with Gasteiger partial charge in [0.05, 0.1) is 0 Å². The summed E-state index contributed by atoms with van der Waals surface area (Å²) < 4.78 is 23.3. The van der Waals surface area contributed by atoms with Gasteiger partial charge < -0.3 is 23.8 Å². The number of carbonyl (C=O) groups is 1. The van der Waals surface area contributed by atoms with Crippen LogP contribution in [0.5, 0.6) is 0 Å². The van der Waals surface area contributed by atoms with Gasteiger partial charge in [-0.1, -0.05) is 19.9 Å². The highest BCUT2D eigenvalue weighted by atomic mass is 28.4. The highest BCUT2D eigenvalue weighted by Crippen LogP contribution is 2.44. The second kappa shape index (κ2) is 10.6. The monoisotopic (exact) mass is 364 g/mol. The maximum atomic E-state index is 12.0. The van der Waals surface area contributed by atoms with Crippen molar-refractivity contribution >= 4 is 31.9 Å². The molecule has 0 aromatic heterocycles. The third-order valence-electron chi connectivity index (χ3n) is 4.38. The second-order valence-corrected chi connectivity index (χ2v) is 9.24. The van der Waals surface area contributed by atoms with Crippen LogP contribution in [0.2, 0.25) is 6.04 Å². The summed E-state index contributed by atoms with van der Waals surface area (Å²) in [5.74, 6) is -0.380. The highest BCUT2D eigenvalue weighted by Gasteiger charge is 2.64. The Hall–Kier alpha value is -0.201. The molecule has 1 heterocycles. The number of esters is 1. The molecule has 1 fully saturated rings. The Bertz CT molecular complexity index is 388. The van der Waals surface area contributed by atoms with Gasteiger partial charge >= 0.3 is 14.5 Å². The normalized spacial score (nSPS) is 25.7. The fourth-order valence-corrected chi connectivity index (χ4v) is 7.33. The summed E-state index contributed by atoms with van der Waals surface area (Å²) in [4.78, 5) is 12.0. The van der Waals surface area contributed by atoms with E-state index < -0.39 is 13.8 Å². The molecule has 6 nitrogen and oxygen atoms in total. The average molecular weight is 364 g/mol. The predicted octanol–water partition coefficient (Wildman–Crippen LogP) is 0.719. The molecule has 1 rings (SSSR count). The van der Waals surface area contributed by atoms with Gasteiger partial charge in [0.2, 0.25) is 0 Å². The van der Waals surface area contributed by atoms with Crippen molar-refractivity contribution in [2.75, 3.05) is 21.3 Å². The molecule has 136 valence electrons. The minimum absolute atomic E-state index is 0. The SMILES string of the molecule is C=C(C)C(=O)OC1CCC[Si](OC)(OC)C1(CCC)OC.O.[AlH3]. The van der Waals surface area contributed by atoms with Crippen molar-refractivity contribution in [2.45, 2.75) is 56.9 Å². The first-order valence-electron chi connectivity index (χ1n) is 7.45. The standard InChI is InChI=1S/C15H28O5Si.Al.H2O.3H/c1-7-10-15(17-4)13(20-14(16)12(2)3)9-8-11-21(15,18-5)19-6;;;;;/h13H,2,7-11H2,1,3-6H3;;1H2;;;. The minimum atomic E-state index is -2.63. The van der Waals surface area contributed by atoms with Crippen LogP contribution in [-0.2, 0) is 23.1 Å². The first kappa shape index (κ1) is 25.0. The lowest BCUT2D eigenvalue weighted by Crippen LogP contribution is -2.71. The van der Waals surface area contributed by atoms with E-state index in [4.69, 9.17) is 18.3 Å². The van der Waals surface area contributed by atoms with E-state index in [0.717, 1.165) is 31.7 Å². The first-order chi connectivity index (χ1) is 9.92. The second-order valence-electron chi connectivity index (χ2n) is 5.57. The van der Waals surface area contributed by atoms with Gasteiger partial charge in [-0.25, -0.2) is 4.79 Å². The predicted molar refractivity (Wildman–Crippen MR) is 96.7 cm³/mol. The summed E-state index contributed by atoms with van der Waals surface area (Å²) in [5, 5.41) is -0.672. The van der Waals surface area contributed by atoms with Crippen molar-refractivity contribution in [3.05, 3.63) is 12.2 Å². The molecule has 23 heavy (non-hydrogen) atoms. The van der Waals surface area contributed by atoms with E-state index in [1.807, 2.05) is 0 Å². The van der Waals surface area contributed by atoms with Gasteiger partial charge in [-0.05, 0) is 32.2 Å². The number of hydrogen-bond donors (Lipinski definition) is 0. The third-order valence-corrected chi connectivity index (χ3v) is 8.78. The Morgan fingerprint density at radius 2 is 1.87 bits per heavy atom. The van der Waals surface area contributed by atoms with Gasteiger partial charge in [0.15, 0.2) is 17.4 Å². The van der Waals surface area contributed by atoms with Crippen molar-refractivity contribution < 1.29 is 28.6 Å². The van der Waals surface area contributed by atoms with Crippen LogP contribution in [0.3, 0.4) is 0 Å². The van der Waals surface area contributed by atoms with E-state index in [1.165, 1.54) is 0 Å². The molecule has 0 spiro atoms. The minimum Gasteiger partial charge on any atom is -0.456 e. The number of hydrogen-bond acceptors (Lipinski definition) is 5. The van der Waals surface area contributed by atoms with E-state index in [9.17, 15) is 4.79 Å². The summed E-state index contributed by atoms with van der Waals surface area (Å²) in [7, 11) is 2.37. The number of methoxy groups -OCH3 is 1. The summed E-state index contributed by atoms with van der Waals surface area (Å²) in [5.41, 5.74) is 0.393. The van der Waals surface area contributed by atoms with E-state index in [2.05, 4.69) is 13.5 Å². The van der Waals surface area contributed by atoms with Crippen molar-refractivity contribution in [3.63, 3.8) is 0 Å². The van der Waals surface area contributed by atoms with Gasteiger partial charge in [-0.15, -0.1) is 0 Å². The van der Waals surface area contributed by atoms with Crippen LogP contribution in [0.4, 0.5) is 0 Å². The van der Waals surface area contributed by atoms with Gasteiger partial charge in [0, 0.05) is 26.9 Å². The van der Waals surface area contributed by atoms with Gasteiger partial charge in [0.1, 0.15) is 11.3 Å². The van der Waals surface area contributed by atoms with E-state index in [-0.39, 0.29) is 34.9 Å². The molecule has 8 heteroatoms. The van der Waals surface area contributed by atoms with Gasteiger partial charge in [-0.3, -0.25) is 0 Å². The molecule has 0 radical (unpaired) electrons. The molecular weight excluding hydrogens is 331 g/mol. The van der Waals surface area contributed by atoms with Crippen LogP contribution in [0, 0.1) is 0 Å². The molecule has 0 aromatic rings. The quantitative estimate of drug-likeness (QED) is 0.377. The molecule has 2 atom stereocenters. The molecular formula is C15H33AlO6Si. The lowest BCUT2D eigenvalue weighted by molar-refractivity contribution is -0.163. The van der Waals surface area contributed by atoms with Crippen LogP contribution in [0.1, 0.15) is 39.5 Å². The Balaban J connectivity index is 0. The molecule has 1 saturated heterocycles. The number of carbonyl (C=O) groups excluding carboxylic acids is 1. The Kier molecular flexibility index (Phi) is 11.6. The molecule has 2 unspecified atom stereocenters. The zero-order chi connectivity index (χ0) is 16.1. The van der Waals surface area contributed by atoms with Gasteiger partial charge in [0.25, 0.3) is 0 Å². The lowest BCUT2D eigenvalue weighted by atomic mass is 10.0. The first-order valence-corrected chi connectivity index (χ1v) is 9.47. The van der Waals surface area contributed by atoms with Crippen molar-refractivity contribution in [1.82, 2.24) is 0 Å². The smallest absolute Gasteiger partial charge is 0.374 e. The third kappa shape index (κ3) is 4.67.